The molecule has 4 rings (SSSR count). The third-order valence-corrected chi connectivity index (χ3v) is 6.82. The molecule has 1 amide bonds. The van der Waals surface area contributed by atoms with Gasteiger partial charge in [-0.05, 0) is 38.5 Å². The van der Waals surface area contributed by atoms with Gasteiger partial charge >= 0.3 is 0 Å². The number of nitrogens with zero attached hydrogens (tertiary/aromatic N) is 3. The van der Waals surface area contributed by atoms with Gasteiger partial charge in [0, 0.05) is 18.7 Å². The topological polar surface area (TPSA) is 63.9 Å². The monoisotopic (exact) mass is 461 g/mol. The largest absolute Gasteiger partial charge is 0.496 e. The molecule has 0 saturated heterocycles. The van der Waals surface area contributed by atoms with Gasteiger partial charge < -0.3 is 9.64 Å². The maximum atomic E-state index is 13.7. The molecule has 0 saturated carbocycles. The number of thiazole rings is 1. The van der Waals surface area contributed by atoms with E-state index in [0.717, 1.165) is 11.1 Å². The Labute approximate surface area is 196 Å². The molecular weight excluding hydrogens is 434 g/mol. The summed E-state index contributed by atoms with van der Waals surface area (Å²) in [5.41, 5.74) is 2.65. The van der Waals surface area contributed by atoms with Crippen LogP contribution in [0.15, 0.2) is 75.7 Å². The van der Waals surface area contributed by atoms with Crippen LogP contribution in [0.4, 0.5) is 0 Å². The number of carbonyl (C=O) groups excluding carboxylic acids is 1. The molecule has 0 spiro atoms. The van der Waals surface area contributed by atoms with Gasteiger partial charge in [-0.25, -0.2) is 4.99 Å². The fraction of sp³-hybridized carbons (Fsp3) is 0.269. The van der Waals surface area contributed by atoms with Crippen molar-refractivity contribution in [2.75, 3.05) is 20.2 Å². The smallest absolute Gasteiger partial charge is 0.271 e. The van der Waals surface area contributed by atoms with E-state index in [4.69, 9.17) is 9.73 Å². The van der Waals surface area contributed by atoms with Crippen molar-refractivity contribution in [1.82, 2.24) is 9.47 Å². The molecule has 1 aromatic heterocycles. The predicted molar refractivity (Wildman–Crippen MR) is 131 cm³/mol. The molecule has 0 bridgehead atoms. The van der Waals surface area contributed by atoms with Crippen molar-refractivity contribution >= 4 is 23.3 Å². The van der Waals surface area contributed by atoms with Crippen molar-refractivity contribution in [1.29, 1.82) is 0 Å². The van der Waals surface area contributed by atoms with Crippen LogP contribution in [0.3, 0.4) is 0 Å². The summed E-state index contributed by atoms with van der Waals surface area (Å²) in [5, 5.41) is 0. The number of fused-ring (bicyclic) bond motifs is 1. The summed E-state index contributed by atoms with van der Waals surface area (Å²) in [7, 11) is 1.60. The van der Waals surface area contributed by atoms with Gasteiger partial charge in [-0.15, -0.1) is 0 Å². The molecule has 7 heteroatoms. The molecule has 2 heterocycles. The third kappa shape index (κ3) is 4.16. The highest BCUT2D eigenvalue weighted by atomic mass is 32.1. The number of rotatable bonds is 6. The number of amides is 1. The van der Waals surface area contributed by atoms with Crippen LogP contribution in [0, 0.1) is 0 Å². The van der Waals surface area contributed by atoms with Crippen LogP contribution < -0.4 is 19.6 Å². The van der Waals surface area contributed by atoms with Crippen molar-refractivity contribution < 1.29 is 9.53 Å². The minimum atomic E-state index is -0.622. The number of carbonyl (C=O) groups is 1. The number of ether oxygens (including phenoxy) is 1. The number of benzene rings is 2. The quantitative estimate of drug-likeness (QED) is 0.567. The Balaban J connectivity index is 2.00. The zero-order valence-corrected chi connectivity index (χ0v) is 20.1. The van der Waals surface area contributed by atoms with Gasteiger partial charge in [-0.3, -0.25) is 14.2 Å². The van der Waals surface area contributed by atoms with E-state index in [1.165, 1.54) is 11.3 Å². The van der Waals surface area contributed by atoms with Gasteiger partial charge in [-0.2, -0.15) is 0 Å². The average molecular weight is 462 g/mol. The van der Waals surface area contributed by atoms with Crippen molar-refractivity contribution in [2.45, 2.75) is 26.8 Å². The van der Waals surface area contributed by atoms with Crippen molar-refractivity contribution in [3.63, 3.8) is 0 Å². The van der Waals surface area contributed by atoms with Crippen LogP contribution in [0.5, 0.6) is 5.75 Å². The standard InChI is InChI=1S/C26H27N3O3S/c1-5-28(6-2)25(31)22-17(3)27-26-29(23(22)19-14-10-11-15-20(19)32-4)24(30)21(33-26)16-18-12-8-7-9-13-18/h7-16,23H,5-6H2,1-4H3/b21-16+/t23-/m1/s1. The first-order valence-electron chi connectivity index (χ1n) is 11.0. The van der Waals surface area contributed by atoms with Gasteiger partial charge in [0.25, 0.3) is 11.5 Å². The summed E-state index contributed by atoms with van der Waals surface area (Å²) in [6, 6.07) is 16.6. The van der Waals surface area contributed by atoms with Gasteiger partial charge in [0.05, 0.1) is 22.9 Å². The summed E-state index contributed by atoms with van der Waals surface area (Å²) >= 11 is 1.33. The maximum Gasteiger partial charge on any atom is 0.271 e. The van der Waals surface area contributed by atoms with Crippen molar-refractivity contribution in [2.24, 2.45) is 4.99 Å². The molecule has 1 aliphatic rings. The molecule has 0 unspecified atom stereocenters. The zero-order chi connectivity index (χ0) is 23.5. The van der Waals surface area contributed by atoms with Crippen LogP contribution in [0.25, 0.3) is 6.08 Å². The van der Waals surface area contributed by atoms with Gasteiger partial charge in [0.2, 0.25) is 0 Å². The van der Waals surface area contributed by atoms with E-state index in [1.807, 2.05) is 81.4 Å². The highest BCUT2D eigenvalue weighted by Crippen LogP contribution is 2.35. The number of aromatic nitrogens is 1. The summed E-state index contributed by atoms with van der Waals surface area (Å²) in [5.74, 6) is 0.509. The molecule has 3 aromatic rings. The van der Waals surface area contributed by atoms with E-state index in [-0.39, 0.29) is 11.5 Å². The molecule has 1 atom stereocenters. The minimum Gasteiger partial charge on any atom is -0.496 e. The second-order valence-corrected chi connectivity index (χ2v) is 8.72. The SMILES string of the molecule is CCN(CC)C(=O)C1=C(C)N=c2s/c(=C/c3ccccc3)c(=O)n2[C@@H]1c1ccccc1OC. The molecule has 1 aliphatic heterocycles. The first-order valence-corrected chi connectivity index (χ1v) is 11.8. The second kappa shape index (κ2) is 9.58. The maximum absolute atomic E-state index is 13.7. The van der Waals surface area contributed by atoms with Crippen LogP contribution in [0.2, 0.25) is 0 Å². The highest BCUT2D eigenvalue weighted by molar-refractivity contribution is 7.07. The number of methoxy groups -OCH3 is 1. The first-order chi connectivity index (χ1) is 16.0. The summed E-state index contributed by atoms with van der Waals surface area (Å²) in [4.78, 5) is 34.3. The Hall–Kier alpha value is -3.45. The summed E-state index contributed by atoms with van der Waals surface area (Å²) in [6.07, 6.45) is 1.87. The predicted octanol–water partition coefficient (Wildman–Crippen LogP) is 3.11. The third-order valence-electron chi connectivity index (χ3n) is 5.83. The molecule has 33 heavy (non-hydrogen) atoms. The molecule has 170 valence electrons. The van der Waals surface area contributed by atoms with E-state index >= 15 is 0 Å². The minimum absolute atomic E-state index is 0.116. The Morgan fingerprint density at radius 2 is 1.79 bits per heavy atom. The van der Waals surface area contributed by atoms with Crippen molar-refractivity contribution in [3.8, 4) is 5.75 Å². The lowest BCUT2D eigenvalue weighted by atomic mass is 9.94. The van der Waals surface area contributed by atoms with E-state index < -0.39 is 6.04 Å². The molecule has 0 fully saturated rings. The molecule has 0 N–H and O–H groups in total. The molecule has 0 radical (unpaired) electrons. The van der Waals surface area contributed by atoms with Crippen LogP contribution in [0.1, 0.15) is 37.9 Å². The second-order valence-electron chi connectivity index (χ2n) is 7.71. The average Bonchev–Trinajstić information content (AvgIpc) is 3.13. The van der Waals surface area contributed by atoms with Gasteiger partial charge in [0.15, 0.2) is 4.80 Å². The number of likely N-dealkylation sites (N-methyl/N-ethyl adjacent to an activating group) is 1. The lowest BCUT2D eigenvalue weighted by Gasteiger charge is -2.29. The molecule has 2 aromatic carbocycles. The van der Waals surface area contributed by atoms with Crippen LogP contribution in [-0.4, -0.2) is 35.6 Å². The fourth-order valence-electron chi connectivity index (χ4n) is 4.16. The molecular formula is C26H27N3O3S. The lowest BCUT2D eigenvalue weighted by Crippen LogP contribution is -2.43. The Morgan fingerprint density at radius 3 is 2.45 bits per heavy atom. The van der Waals surface area contributed by atoms with E-state index in [0.29, 0.717) is 39.4 Å². The summed E-state index contributed by atoms with van der Waals surface area (Å²) < 4.78 is 7.85. The normalized spacial score (nSPS) is 15.8. The van der Waals surface area contributed by atoms with Gasteiger partial charge in [-0.1, -0.05) is 59.9 Å². The Kier molecular flexibility index (Phi) is 6.60. The van der Waals surface area contributed by atoms with E-state index in [1.54, 1.807) is 16.6 Å². The fourth-order valence-corrected chi connectivity index (χ4v) is 5.21. The van der Waals surface area contributed by atoms with Gasteiger partial charge in [0.1, 0.15) is 11.8 Å². The highest BCUT2D eigenvalue weighted by Gasteiger charge is 2.35. The lowest BCUT2D eigenvalue weighted by molar-refractivity contribution is -0.127. The first kappa shape index (κ1) is 22.7. The Bertz CT molecular complexity index is 1380. The zero-order valence-electron chi connectivity index (χ0n) is 19.2. The van der Waals surface area contributed by atoms with E-state index in [9.17, 15) is 9.59 Å². The molecule has 6 nitrogen and oxygen atoms in total. The number of hydrogen-bond acceptors (Lipinski definition) is 5. The van der Waals surface area contributed by atoms with E-state index in [2.05, 4.69) is 0 Å². The van der Waals surface area contributed by atoms with Crippen molar-refractivity contribution in [3.05, 3.63) is 96.7 Å². The van der Waals surface area contributed by atoms with Crippen LogP contribution >= 0.6 is 11.3 Å². The number of para-hydroxylation sites is 1. The van der Waals surface area contributed by atoms with Crippen LogP contribution in [-0.2, 0) is 4.79 Å². The Morgan fingerprint density at radius 1 is 1.12 bits per heavy atom. The summed E-state index contributed by atoms with van der Waals surface area (Å²) in [6.45, 7) is 6.88. The number of hydrogen-bond donors (Lipinski definition) is 0. The molecule has 0 aliphatic carbocycles. The number of allylic oxidation sites excluding steroid dienone is 1.